The summed E-state index contributed by atoms with van der Waals surface area (Å²) < 4.78 is 58.5. The summed E-state index contributed by atoms with van der Waals surface area (Å²) in [6.07, 6.45) is -1.72. The molecule has 2 fully saturated rings. The molecule has 4 aliphatic heterocycles. The Morgan fingerprint density at radius 3 is 2.47 bits per heavy atom. The maximum Gasteiger partial charge on any atom is 0.339 e. The first kappa shape index (κ1) is 27.6. The molecule has 0 spiro atoms. The molecule has 3 atom stereocenters. The monoisotopic (exact) mass is 594 g/mol. The van der Waals surface area contributed by atoms with Crippen LogP contribution in [0.2, 0.25) is 0 Å². The lowest BCUT2D eigenvalue weighted by Gasteiger charge is -2.26. The lowest BCUT2D eigenvalue weighted by molar-refractivity contribution is -0.213. The number of methoxy groups -OCH3 is 2. The lowest BCUT2D eigenvalue weighted by Crippen LogP contribution is -2.47. The van der Waals surface area contributed by atoms with Crippen molar-refractivity contribution in [2.75, 3.05) is 34.2 Å². The summed E-state index contributed by atoms with van der Waals surface area (Å²) in [5.41, 5.74) is 1.14. The van der Waals surface area contributed by atoms with E-state index in [1.807, 2.05) is 12.1 Å². The van der Waals surface area contributed by atoms with E-state index in [0.29, 0.717) is 56.2 Å². The van der Waals surface area contributed by atoms with Crippen LogP contribution >= 0.6 is 0 Å². The minimum atomic E-state index is -1.08. The van der Waals surface area contributed by atoms with Crippen LogP contribution in [0.15, 0.2) is 30.3 Å². The topological polar surface area (TPSA) is 126 Å². The van der Waals surface area contributed by atoms with Crippen LogP contribution in [0.3, 0.4) is 0 Å². The Morgan fingerprint density at radius 2 is 1.72 bits per heavy atom. The largest absolute Gasteiger partial charge is 0.493 e. The van der Waals surface area contributed by atoms with Gasteiger partial charge < -0.3 is 47.4 Å². The summed E-state index contributed by atoms with van der Waals surface area (Å²) in [5.74, 6) is 0.523. The maximum atomic E-state index is 13.4. The highest BCUT2D eigenvalue weighted by Gasteiger charge is 2.63. The number of carbonyl (C=O) groups is 2. The van der Waals surface area contributed by atoms with E-state index in [-0.39, 0.29) is 26.6 Å². The van der Waals surface area contributed by atoms with Crippen molar-refractivity contribution in [1.29, 1.82) is 0 Å². The Kier molecular flexibility index (Phi) is 6.35. The van der Waals surface area contributed by atoms with E-state index in [1.165, 1.54) is 21.1 Å². The summed E-state index contributed by atoms with van der Waals surface area (Å²) in [6.45, 7) is 4.94. The first-order chi connectivity index (χ1) is 20.6. The average molecular weight is 595 g/mol. The SMILES string of the molecule is COc1cc2c(O[C@@H]3OC[C@@]4(COC(C)=O)OC(C)(C)O[C@@H]34)c3c(c(-c4ccc5c(c4)OCO5)c2cc1OC)C(=O)OC3. The standard InChI is InChI=1S/C31H30O12/c1-15(32)37-12-31-13-38-29(27(31)42-30(2,3)43-31)41-26-18-10-22(35-5)21(34-4)9-17(18)24(25-19(26)11-36-28(25)33)16-6-7-20-23(8-16)40-14-39-20/h6-10,27,29H,11-14H2,1-5H3/t27-,29-,31+/m0/s1. The summed E-state index contributed by atoms with van der Waals surface area (Å²) >= 11 is 0. The van der Waals surface area contributed by atoms with Gasteiger partial charge in [-0.15, -0.1) is 0 Å². The van der Waals surface area contributed by atoms with Crippen LogP contribution in [0.4, 0.5) is 0 Å². The first-order valence-corrected chi connectivity index (χ1v) is 13.7. The molecule has 0 aliphatic carbocycles. The van der Waals surface area contributed by atoms with Gasteiger partial charge >= 0.3 is 11.9 Å². The predicted octanol–water partition coefficient (Wildman–Crippen LogP) is 4.11. The van der Waals surface area contributed by atoms with E-state index in [2.05, 4.69) is 0 Å². The van der Waals surface area contributed by atoms with Crippen molar-refractivity contribution in [3.05, 3.63) is 41.5 Å². The summed E-state index contributed by atoms with van der Waals surface area (Å²) in [6, 6.07) is 9.08. The Hall–Kier alpha value is -4.26. The number of fused-ring (bicyclic) bond motifs is 4. The maximum absolute atomic E-state index is 13.4. The molecule has 0 unspecified atom stereocenters. The second-order valence-electron chi connectivity index (χ2n) is 11.1. The first-order valence-electron chi connectivity index (χ1n) is 13.7. The number of hydrogen-bond acceptors (Lipinski definition) is 12. The fourth-order valence-electron chi connectivity index (χ4n) is 6.19. The van der Waals surface area contributed by atoms with Crippen LogP contribution in [0.25, 0.3) is 21.9 Å². The number of rotatable bonds is 7. The van der Waals surface area contributed by atoms with Gasteiger partial charge in [-0.3, -0.25) is 4.79 Å². The van der Waals surface area contributed by atoms with Gasteiger partial charge in [-0.25, -0.2) is 4.79 Å². The molecular weight excluding hydrogens is 564 g/mol. The molecule has 0 aromatic heterocycles. The Bertz CT molecular complexity index is 1660. The Morgan fingerprint density at radius 1 is 0.977 bits per heavy atom. The molecule has 43 heavy (non-hydrogen) atoms. The van der Waals surface area contributed by atoms with E-state index in [0.717, 1.165) is 5.56 Å². The average Bonchev–Trinajstić information content (AvgIpc) is 3.74. The molecule has 0 amide bonds. The van der Waals surface area contributed by atoms with Crippen LogP contribution < -0.4 is 23.7 Å². The van der Waals surface area contributed by atoms with Gasteiger partial charge in [-0.05, 0) is 49.1 Å². The van der Waals surface area contributed by atoms with Gasteiger partial charge in [0, 0.05) is 23.4 Å². The number of hydrogen-bond donors (Lipinski definition) is 0. The van der Waals surface area contributed by atoms with Crippen molar-refractivity contribution in [3.8, 4) is 39.9 Å². The normalized spacial score (nSPS) is 24.4. The number of benzene rings is 3. The molecule has 0 radical (unpaired) electrons. The highest BCUT2D eigenvalue weighted by molar-refractivity contribution is 6.14. The molecule has 0 N–H and O–H groups in total. The molecule has 12 heteroatoms. The minimum Gasteiger partial charge on any atom is -0.493 e. The zero-order valence-corrected chi connectivity index (χ0v) is 24.3. The van der Waals surface area contributed by atoms with Crippen molar-refractivity contribution in [3.63, 3.8) is 0 Å². The molecule has 0 saturated carbocycles. The van der Waals surface area contributed by atoms with E-state index < -0.39 is 35.7 Å². The molecule has 4 heterocycles. The van der Waals surface area contributed by atoms with Gasteiger partial charge in [0.2, 0.25) is 13.1 Å². The van der Waals surface area contributed by atoms with Crippen molar-refractivity contribution in [1.82, 2.24) is 0 Å². The summed E-state index contributed by atoms with van der Waals surface area (Å²) in [7, 11) is 3.08. The number of cyclic esters (lactones) is 1. The molecule has 3 aromatic rings. The van der Waals surface area contributed by atoms with Gasteiger partial charge in [-0.1, -0.05) is 6.07 Å². The Balaban J connectivity index is 1.40. The van der Waals surface area contributed by atoms with Gasteiger partial charge in [-0.2, -0.15) is 0 Å². The van der Waals surface area contributed by atoms with E-state index >= 15 is 0 Å². The molecule has 226 valence electrons. The molecule has 3 aromatic carbocycles. The predicted molar refractivity (Wildman–Crippen MR) is 147 cm³/mol. The fraction of sp³-hybridized carbons (Fsp3) is 0.419. The zero-order valence-electron chi connectivity index (χ0n) is 24.3. The third-order valence-electron chi connectivity index (χ3n) is 7.95. The molecular formula is C31H30O12. The van der Waals surface area contributed by atoms with Gasteiger partial charge in [0.05, 0.1) is 26.4 Å². The van der Waals surface area contributed by atoms with E-state index in [1.54, 1.807) is 32.0 Å². The number of ether oxygens (including phenoxy) is 10. The molecule has 12 nitrogen and oxygen atoms in total. The van der Waals surface area contributed by atoms with E-state index in [9.17, 15) is 9.59 Å². The lowest BCUT2D eigenvalue weighted by atomic mass is 9.89. The third-order valence-corrected chi connectivity index (χ3v) is 7.95. The van der Waals surface area contributed by atoms with Gasteiger partial charge in [0.25, 0.3) is 0 Å². The van der Waals surface area contributed by atoms with Crippen LogP contribution in [0.1, 0.15) is 36.7 Å². The molecule has 7 rings (SSSR count). The third kappa shape index (κ3) is 4.39. The number of esters is 2. The van der Waals surface area contributed by atoms with Crippen LogP contribution in [-0.2, 0) is 35.1 Å². The van der Waals surface area contributed by atoms with Crippen LogP contribution in [0, 0.1) is 0 Å². The fourth-order valence-corrected chi connectivity index (χ4v) is 6.19. The van der Waals surface area contributed by atoms with Crippen molar-refractivity contribution < 1.29 is 57.0 Å². The highest BCUT2D eigenvalue weighted by Crippen LogP contribution is 2.51. The highest BCUT2D eigenvalue weighted by atomic mass is 16.8. The van der Waals surface area contributed by atoms with Crippen LogP contribution in [0.5, 0.6) is 28.7 Å². The quantitative estimate of drug-likeness (QED) is 0.365. The van der Waals surface area contributed by atoms with Gasteiger partial charge in [0.1, 0.15) is 19.0 Å². The summed E-state index contributed by atoms with van der Waals surface area (Å²) in [5, 5.41) is 1.28. The van der Waals surface area contributed by atoms with Crippen molar-refractivity contribution in [2.24, 2.45) is 0 Å². The zero-order chi connectivity index (χ0) is 30.1. The molecule has 4 aliphatic rings. The molecule has 2 saturated heterocycles. The second kappa shape index (κ2) is 9.90. The molecule has 0 bridgehead atoms. The number of carbonyl (C=O) groups excluding carboxylic acids is 2. The van der Waals surface area contributed by atoms with Gasteiger partial charge in [0.15, 0.2) is 40.5 Å². The van der Waals surface area contributed by atoms with Crippen LogP contribution in [-0.4, -0.2) is 69.9 Å². The van der Waals surface area contributed by atoms with Crippen molar-refractivity contribution >= 4 is 22.7 Å². The Labute approximate surface area is 246 Å². The second-order valence-corrected chi connectivity index (χ2v) is 11.1. The summed E-state index contributed by atoms with van der Waals surface area (Å²) in [4.78, 5) is 25.0. The minimum absolute atomic E-state index is 0.0236. The van der Waals surface area contributed by atoms with Crippen molar-refractivity contribution in [2.45, 2.75) is 51.2 Å². The smallest absolute Gasteiger partial charge is 0.339 e. The van der Waals surface area contributed by atoms with E-state index in [4.69, 9.17) is 47.4 Å².